The molecule has 0 bridgehead atoms. The Bertz CT molecular complexity index is 376. The lowest BCUT2D eigenvalue weighted by molar-refractivity contribution is 0.373. The number of rotatable bonds is 6. The molecule has 2 nitrogen and oxygen atoms in total. The first kappa shape index (κ1) is 14.2. The van der Waals surface area contributed by atoms with Gasteiger partial charge in [-0.3, -0.25) is 4.98 Å². The fraction of sp³-hybridized carbons (Fsp3) is 0.500. The van der Waals surface area contributed by atoms with E-state index in [1.54, 1.807) is 12.4 Å². The molecule has 1 N–H and O–H groups in total. The average molecular weight is 253 g/mol. The molecule has 0 saturated carbocycles. The average Bonchev–Trinajstić information content (AvgIpc) is 2.30. The zero-order valence-electron chi connectivity index (χ0n) is 10.8. The summed E-state index contributed by atoms with van der Waals surface area (Å²) < 4.78 is 0. The van der Waals surface area contributed by atoms with E-state index in [2.05, 4.69) is 37.7 Å². The minimum absolute atomic E-state index is 0.00919. The van der Waals surface area contributed by atoms with Gasteiger partial charge in [0.15, 0.2) is 0 Å². The van der Waals surface area contributed by atoms with Crippen molar-refractivity contribution in [3.8, 4) is 0 Å². The Morgan fingerprint density at radius 2 is 2.29 bits per heavy atom. The molecule has 0 aromatic carbocycles. The van der Waals surface area contributed by atoms with Gasteiger partial charge >= 0.3 is 0 Å². The van der Waals surface area contributed by atoms with E-state index in [1.807, 2.05) is 12.1 Å². The molecule has 94 valence electrons. The Balaban J connectivity index is 2.75. The first-order chi connectivity index (χ1) is 7.97. The second-order valence-corrected chi connectivity index (χ2v) is 5.44. The van der Waals surface area contributed by atoms with Crippen LogP contribution in [0.5, 0.6) is 0 Å². The van der Waals surface area contributed by atoms with Gasteiger partial charge in [0.25, 0.3) is 0 Å². The molecule has 0 saturated heterocycles. The maximum Gasteiger partial charge on any atom is 0.0621 e. The number of aromatic nitrogens is 1. The molecule has 1 rings (SSSR count). The first-order valence-electron chi connectivity index (χ1n) is 5.92. The summed E-state index contributed by atoms with van der Waals surface area (Å²) in [6.45, 7) is 11.3. The van der Waals surface area contributed by atoms with Crippen molar-refractivity contribution in [1.82, 2.24) is 10.3 Å². The van der Waals surface area contributed by atoms with E-state index >= 15 is 0 Å². The summed E-state index contributed by atoms with van der Waals surface area (Å²) in [5.41, 5.74) is 1.13. The molecule has 0 aliphatic heterocycles. The molecule has 17 heavy (non-hydrogen) atoms. The van der Waals surface area contributed by atoms with Crippen LogP contribution in [-0.4, -0.2) is 17.6 Å². The summed E-state index contributed by atoms with van der Waals surface area (Å²) in [7, 11) is 0. The number of hydrogen-bond acceptors (Lipinski definition) is 2. The van der Waals surface area contributed by atoms with Crippen LogP contribution in [0.3, 0.4) is 0 Å². The number of pyridine rings is 1. The number of hydrogen-bond donors (Lipinski definition) is 1. The van der Waals surface area contributed by atoms with Crippen LogP contribution in [0, 0.1) is 5.41 Å². The van der Waals surface area contributed by atoms with Gasteiger partial charge in [0.05, 0.1) is 5.02 Å². The van der Waals surface area contributed by atoms with Crippen molar-refractivity contribution in [2.24, 2.45) is 5.41 Å². The lowest BCUT2D eigenvalue weighted by Gasteiger charge is -2.28. The predicted molar refractivity (Wildman–Crippen MR) is 74.4 cm³/mol. The van der Waals surface area contributed by atoms with Gasteiger partial charge < -0.3 is 5.32 Å². The molecule has 1 atom stereocenters. The SMILES string of the molecule is C=CC(C)(CNC(C)C)Cc1ccncc1Cl. The zero-order valence-corrected chi connectivity index (χ0v) is 11.6. The highest BCUT2D eigenvalue weighted by atomic mass is 35.5. The van der Waals surface area contributed by atoms with E-state index in [-0.39, 0.29) is 5.41 Å². The zero-order chi connectivity index (χ0) is 12.9. The van der Waals surface area contributed by atoms with E-state index in [9.17, 15) is 0 Å². The van der Waals surface area contributed by atoms with Crippen LogP contribution < -0.4 is 5.32 Å². The highest BCUT2D eigenvalue weighted by molar-refractivity contribution is 6.31. The first-order valence-corrected chi connectivity index (χ1v) is 6.30. The minimum atomic E-state index is 0.00919. The highest BCUT2D eigenvalue weighted by Crippen LogP contribution is 2.26. The second kappa shape index (κ2) is 6.18. The van der Waals surface area contributed by atoms with E-state index in [0.717, 1.165) is 23.6 Å². The van der Waals surface area contributed by atoms with Gasteiger partial charge in [0, 0.05) is 30.4 Å². The quantitative estimate of drug-likeness (QED) is 0.785. The molecule has 3 heteroatoms. The van der Waals surface area contributed by atoms with E-state index in [0.29, 0.717) is 6.04 Å². The van der Waals surface area contributed by atoms with Gasteiger partial charge in [0.1, 0.15) is 0 Å². The second-order valence-electron chi connectivity index (χ2n) is 5.04. The fourth-order valence-electron chi connectivity index (χ4n) is 1.63. The van der Waals surface area contributed by atoms with Crippen LogP contribution in [0.15, 0.2) is 31.1 Å². The monoisotopic (exact) mass is 252 g/mol. The van der Waals surface area contributed by atoms with Crippen molar-refractivity contribution in [1.29, 1.82) is 0 Å². The van der Waals surface area contributed by atoms with Gasteiger partial charge in [-0.15, -0.1) is 6.58 Å². The van der Waals surface area contributed by atoms with Crippen molar-refractivity contribution >= 4 is 11.6 Å². The van der Waals surface area contributed by atoms with Gasteiger partial charge in [0.2, 0.25) is 0 Å². The normalized spacial score (nSPS) is 14.6. The lowest BCUT2D eigenvalue weighted by Crippen LogP contribution is -2.35. The standard InChI is InChI=1S/C14H21ClN2/c1-5-14(4,10-17-11(2)3)8-12-6-7-16-9-13(12)15/h5-7,9,11,17H,1,8,10H2,2-4H3. The Morgan fingerprint density at radius 3 is 2.82 bits per heavy atom. The van der Waals surface area contributed by atoms with Crippen LogP contribution in [-0.2, 0) is 6.42 Å². The highest BCUT2D eigenvalue weighted by Gasteiger charge is 2.22. The third-order valence-corrected chi connectivity index (χ3v) is 3.20. The lowest BCUT2D eigenvalue weighted by atomic mass is 9.83. The summed E-state index contributed by atoms with van der Waals surface area (Å²) >= 11 is 6.13. The Hall–Kier alpha value is -0.860. The molecule has 1 aromatic heterocycles. The third-order valence-electron chi connectivity index (χ3n) is 2.86. The fourth-order valence-corrected chi connectivity index (χ4v) is 1.81. The van der Waals surface area contributed by atoms with Crippen molar-refractivity contribution in [3.63, 3.8) is 0 Å². The number of nitrogens with zero attached hydrogens (tertiary/aromatic N) is 1. The van der Waals surface area contributed by atoms with Crippen LogP contribution in [0.2, 0.25) is 5.02 Å². The van der Waals surface area contributed by atoms with Gasteiger partial charge in [-0.1, -0.05) is 38.4 Å². The molecule has 0 spiro atoms. The molecule has 0 fully saturated rings. The molecule has 1 heterocycles. The summed E-state index contributed by atoms with van der Waals surface area (Å²) in [5.74, 6) is 0. The van der Waals surface area contributed by atoms with Crippen LogP contribution in [0.1, 0.15) is 26.3 Å². The maximum atomic E-state index is 6.13. The third kappa shape index (κ3) is 4.49. The Morgan fingerprint density at radius 1 is 1.59 bits per heavy atom. The Kier molecular flexibility index (Phi) is 5.16. The summed E-state index contributed by atoms with van der Waals surface area (Å²) in [5, 5.41) is 4.17. The number of halogens is 1. The van der Waals surface area contributed by atoms with Crippen molar-refractivity contribution in [2.75, 3.05) is 6.54 Å². The van der Waals surface area contributed by atoms with E-state index in [1.165, 1.54) is 0 Å². The molecule has 0 radical (unpaired) electrons. The van der Waals surface area contributed by atoms with Gasteiger partial charge in [-0.2, -0.15) is 0 Å². The predicted octanol–water partition coefficient (Wildman–Crippen LogP) is 3.47. The van der Waals surface area contributed by atoms with Crippen LogP contribution in [0.4, 0.5) is 0 Å². The maximum absolute atomic E-state index is 6.13. The molecule has 0 aliphatic rings. The van der Waals surface area contributed by atoms with E-state index < -0.39 is 0 Å². The van der Waals surface area contributed by atoms with E-state index in [4.69, 9.17) is 11.6 Å². The smallest absolute Gasteiger partial charge is 0.0621 e. The summed E-state index contributed by atoms with van der Waals surface area (Å²) in [6.07, 6.45) is 6.34. The summed E-state index contributed by atoms with van der Waals surface area (Å²) in [6, 6.07) is 2.45. The molecular weight excluding hydrogens is 232 g/mol. The van der Waals surface area contributed by atoms with Crippen LogP contribution >= 0.6 is 11.6 Å². The summed E-state index contributed by atoms with van der Waals surface area (Å²) in [4.78, 5) is 4.00. The number of nitrogens with one attached hydrogen (secondary N) is 1. The minimum Gasteiger partial charge on any atom is -0.314 e. The van der Waals surface area contributed by atoms with Gasteiger partial charge in [-0.25, -0.2) is 0 Å². The Labute approximate surface area is 109 Å². The van der Waals surface area contributed by atoms with Gasteiger partial charge in [-0.05, 0) is 18.1 Å². The van der Waals surface area contributed by atoms with Crippen LogP contribution in [0.25, 0.3) is 0 Å². The van der Waals surface area contributed by atoms with Crippen molar-refractivity contribution < 1.29 is 0 Å². The molecule has 1 aromatic rings. The van der Waals surface area contributed by atoms with Crippen molar-refractivity contribution in [2.45, 2.75) is 33.2 Å². The molecule has 0 amide bonds. The largest absolute Gasteiger partial charge is 0.314 e. The molecule has 1 unspecified atom stereocenters. The molecular formula is C14H21ClN2. The topological polar surface area (TPSA) is 24.9 Å². The molecule has 0 aliphatic carbocycles. The van der Waals surface area contributed by atoms with Crippen molar-refractivity contribution in [3.05, 3.63) is 41.7 Å².